The Labute approximate surface area is 132 Å². The number of benzene rings is 1. The van der Waals surface area contributed by atoms with Gasteiger partial charge in [-0.3, -0.25) is 9.59 Å². The molecule has 1 aromatic carbocycles. The van der Waals surface area contributed by atoms with Gasteiger partial charge in [0.1, 0.15) is 5.01 Å². The van der Waals surface area contributed by atoms with Crippen LogP contribution in [0.4, 0.5) is 0 Å². The molecule has 22 heavy (non-hydrogen) atoms. The summed E-state index contributed by atoms with van der Waals surface area (Å²) in [7, 11) is 0. The van der Waals surface area contributed by atoms with Crippen LogP contribution in [0.15, 0.2) is 35.7 Å². The Balaban J connectivity index is 1.57. The average Bonchev–Trinajstić information content (AvgIpc) is 2.93. The number of nitrogens with zero attached hydrogens (tertiary/aromatic N) is 1. The fourth-order valence-corrected chi connectivity index (χ4v) is 3.35. The zero-order valence-corrected chi connectivity index (χ0v) is 12.7. The molecule has 114 valence electrons. The van der Waals surface area contributed by atoms with Gasteiger partial charge in [-0.05, 0) is 12.8 Å². The minimum atomic E-state index is -0.883. The van der Waals surface area contributed by atoms with Crippen molar-refractivity contribution < 1.29 is 14.7 Å². The molecular weight excluding hydrogens is 300 g/mol. The van der Waals surface area contributed by atoms with Gasteiger partial charge in [0.25, 0.3) is 0 Å². The first kappa shape index (κ1) is 14.7. The van der Waals surface area contributed by atoms with Crippen LogP contribution in [0.2, 0.25) is 0 Å². The maximum Gasteiger partial charge on any atom is 0.307 e. The first-order valence-corrected chi connectivity index (χ1v) is 8.03. The second-order valence-corrected chi connectivity index (χ2v) is 6.21. The largest absolute Gasteiger partial charge is 0.481 e. The highest BCUT2D eigenvalue weighted by Gasteiger charge is 2.41. The summed E-state index contributed by atoms with van der Waals surface area (Å²) in [5.41, 5.74) is 1.85. The zero-order chi connectivity index (χ0) is 15.5. The smallest absolute Gasteiger partial charge is 0.307 e. The molecule has 1 saturated carbocycles. The minimum absolute atomic E-state index is 0.187. The molecule has 0 radical (unpaired) electrons. The molecule has 5 nitrogen and oxygen atoms in total. The van der Waals surface area contributed by atoms with Crippen molar-refractivity contribution in [1.29, 1.82) is 0 Å². The molecule has 0 aliphatic heterocycles. The van der Waals surface area contributed by atoms with Gasteiger partial charge in [0.15, 0.2) is 0 Å². The molecule has 1 aliphatic carbocycles. The summed E-state index contributed by atoms with van der Waals surface area (Å²) in [4.78, 5) is 27.4. The average molecular weight is 316 g/mol. The van der Waals surface area contributed by atoms with E-state index in [4.69, 9.17) is 5.11 Å². The minimum Gasteiger partial charge on any atom is -0.481 e. The molecule has 2 unspecified atom stereocenters. The van der Waals surface area contributed by atoms with Crippen molar-refractivity contribution in [2.75, 3.05) is 0 Å². The summed E-state index contributed by atoms with van der Waals surface area (Å²) in [6.45, 7) is 0.338. The molecule has 1 fully saturated rings. The lowest BCUT2D eigenvalue weighted by Gasteiger charge is -2.31. The molecule has 1 aromatic heterocycles. The van der Waals surface area contributed by atoms with Crippen LogP contribution in [0.5, 0.6) is 0 Å². The van der Waals surface area contributed by atoms with Gasteiger partial charge in [0.05, 0.1) is 24.1 Å². The van der Waals surface area contributed by atoms with E-state index in [1.807, 2.05) is 35.7 Å². The standard InChI is InChI=1S/C16H16N2O3S/c19-14(12-6-7-13(12)16(20)21)17-8-11-9-22-15(18-11)10-4-2-1-3-5-10/h1-5,9,12-13H,6-8H2,(H,17,19)(H,20,21). The summed E-state index contributed by atoms with van der Waals surface area (Å²) in [5.74, 6) is -2.00. The fourth-order valence-electron chi connectivity index (χ4n) is 2.52. The predicted octanol–water partition coefficient (Wildman–Crippen LogP) is 2.54. The Kier molecular flexibility index (Phi) is 4.20. The van der Waals surface area contributed by atoms with E-state index in [0.717, 1.165) is 16.3 Å². The van der Waals surface area contributed by atoms with Crippen LogP contribution < -0.4 is 5.32 Å². The maximum absolute atomic E-state index is 12.0. The lowest BCUT2D eigenvalue weighted by molar-refractivity contribution is -0.152. The SMILES string of the molecule is O=C(O)C1CCC1C(=O)NCc1csc(-c2ccccc2)n1. The molecular formula is C16H16N2O3S. The molecule has 2 N–H and O–H groups in total. The summed E-state index contributed by atoms with van der Waals surface area (Å²) >= 11 is 1.53. The topological polar surface area (TPSA) is 79.3 Å². The number of aromatic nitrogens is 1. The van der Waals surface area contributed by atoms with Crippen molar-refractivity contribution in [3.63, 3.8) is 0 Å². The molecule has 1 heterocycles. The van der Waals surface area contributed by atoms with Crippen molar-refractivity contribution in [1.82, 2.24) is 10.3 Å². The predicted molar refractivity (Wildman–Crippen MR) is 83.2 cm³/mol. The fraction of sp³-hybridized carbons (Fsp3) is 0.312. The number of carboxylic acid groups (broad SMARTS) is 1. The van der Waals surface area contributed by atoms with Crippen molar-refractivity contribution in [2.45, 2.75) is 19.4 Å². The number of nitrogens with one attached hydrogen (secondary N) is 1. The van der Waals surface area contributed by atoms with Crippen LogP contribution in [0, 0.1) is 11.8 Å². The number of carbonyl (C=O) groups excluding carboxylic acids is 1. The third kappa shape index (κ3) is 3.01. The van der Waals surface area contributed by atoms with Gasteiger partial charge < -0.3 is 10.4 Å². The second-order valence-electron chi connectivity index (χ2n) is 5.36. The van der Waals surface area contributed by atoms with Crippen molar-refractivity contribution in [3.05, 3.63) is 41.4 Å². The van der Waals surface area contributed by atoms with Crippen LogP contribution >= 0.6 is 11.3 Å². The van der Waals surface area contributed by atoms with Crippen LogP contribution in [-0.4, -0.2) is 22.0 Å². The molecule has 1 amide bonds. The van der Waals surface area contributed by atoms with Crippen molar-refractivity contribution in [3.8, 4) is 10.6 Å². The third-order valence-electron chi connectivity index (χ3n) is 3.94. The Morgan fingerprint density at radius 3 is 2.59 bits per heavy atom. The first-order valence-electron chi connectivity index (χ1n) is 7.15. The number of hydrogen-bond acceptors (Lipinski definition) is 4. The summed E-state index contributed by atoms with van der Waals surface area (Å²) in [6, 6.07) is 9.86. The van der Waals surface area contributed by atoms with E-state index >= 15 is 0 Å². The highest BCUT2D eigenvalue weighted by atomic mass is 32.1. The number of rotatable bonds is 5. The maximum atomic E-state index is 12.0. The molecule has 3 rings (SSSR count). The molecule has 2 atom stereocenters. The van der Waals surface area contributed by atoms with Gasteiger partial charge in [-0.15, -0.1) is 11.3 Å². The number of carbonyl (C=O) groups is 2. The van der Waals surface area contributed by atoms with E-state index in [0.29, 0.717) is 19.4 Å². The van der Waals surface area contributed by atoms with Gasteiger partial charge in [0, 0.05) is 10.9 Å². The molecule has 0 bridgehead atoms. The van der Waals surface area contributed by atoms with Crippen LogP contribution in [0.3, 0.4) is 0 Å². The Morgan fingerprint density at radius 1 is 1.23 bits per heavy atom. The second kappa shape index (κ2) is 6.27. The van der Waals surface area contributed by atoms with Crippen LogP contribution in [-0.2, 0) is 16.1 Å². The van der Waals surface area contributed by atoms with E-state index in [2.05, 4.69) is 10.3 Å². The first-order chi connectivity index (χ1) is 10.6. The summed E-state index contributed by atoms with van der Waals surface area (Å²) in [5, 5.41) is 14.6. The van der Waals surface area contributed by atoms with Crippen molar-refractivity contribution >= 4 is 23.2 Å². The lowest BCUT2D eigenvalue weighted by Crippen LogP contribution is -2.43. The van der Waals surface area contributed by atoms with E-state index in [-0.39, 0.29) is 5.91 Å². The van der Waals surface area contributed by atoms with Gasteiger partial charge in [0.2, 0.25) is 5.91 Å². The lowest BCUT2D eigenvalue weighted by atomic mass is 9.73. The quantitative estimate of drug-likeness (QED) is 0.888. The number of carboxylic acids is 1. The van der Waals surface area contributed by atoms with Gasteiger partial charge in [-0.2, -0.15) is 0 Å². The molecule has 1 aliphatic rings. The van der Waals surface area contributed by atoms with Gasteiger partial charge in [-0.25, -0.2) is 4.98 Å². The molecule has 6 heteroatoms. The van der Waals surface area contributed by atoms with Gasteiger partial charge in [-0.1, -0.05) is 30.3 Å². The number of amides is 1. The Bertz CT molecular complexity index is 684. The Morgan fingerprint density at radius 2 is 1.95 bits per heavy atom. The van der Waals surface area contributed by atoms with E-state index in [1.165, 1.54) is 11.3 Å². The highest BCUT2D eigenvalue weighted by Crippen LogP contribution is 2.34. The highest BCUT2D eigenvalue weighted by molar-refractivity contribution is 7.13. The van der Waals surface area contributed by atoms with E-state index in [9.17, 15) is 9.59 Å². The van der Waals surface area contributed by atoms with E-state index < -0.39 is 17.8 Å². The number of thiazole rings is 1. The molecule has 0 spiro atoms. The van der Waals surface area contributed by atoms with Crippen LogP contribution in [0.25, 0.3) is 10.6 Å². The third-order valence-corrected chi connectivity index (χ3v) is 4.88. The van der Waals surface area contributed by atoms with E-state index in [1.54, 1.807) is 0 Å². The number of aliphatic carboxylic acids is 1. The number of hydrogen-bond donors (Lipinski definition) is 2. The van der Waals surface area contributed by atoms with Crippen molar-refractivity contribution in [2.24, 2.45) is 11.8 Å². The molecule has 0 saturated heterocycles. The molecule has 2 aromatic rings. The normalized spacial score (nSPS) is 20.2. The Hall–Kier alpha value is -2.21. The zero-order valence-electron chi connectivity index (χ0n) is 11.9. The summed E-state index contributed by atoms with van der Waals surface area (Å²) < 4.78 is 0. The monoisotopic (exact) mass is 316 g/mol. The van der Waals surface area contributed by atoms with Gasteiger partial charge >= 0.3 is 5.97 Å². The summed E-state index contributed by atoms with van der Waals surface area (Å²) in [6.07, 6.45) is 1.23. The van der Waals surface area contributed by atoms with Crippen LogP contribution in [0.1, 0.15) is 18.5 Å².